The van der Waals surface area contributed by atoms with Gasteiger partial charge in [-0.25, -0.2) is 4.39 Å². The van der Waals surface area contributed by atoms with Crippen LogP contribution >= 0.6 is 11.3 Å². The Labute approximate surface area is 65.2 Å². The molecule has 4 heteroatoms. The first kappa shape index (κ1) is 6.79. The Morgan fingerprint density at radius 2 is 2.18 bits per heavy atom. The van der Waals surface area contributed by atoms with Crippen LogP contribution in [0.25, 0.3) is 10.3 Å². The quantitative estimate of drug-likeness (QED) is 0.598. The van der Waals surface area contributed by atoms with Crippen molar-refractivity contribution in [1.29, 1.82) is 0 Å². The van der Waals surface area contributed by atoms with Gasteiger partial charge in [0.2, 0.25) is 0 Å². The summed E-state index contributed by atoms with van der Waals surface area (Å²) in [4.78, 5) is 0.527. The number of hydrogen-bond donors (Lipinski definition) is 0. The Morgan fingerprint density at radius 1 is 1.45 bits per heavy atom. The second kappa shape index (κ2) is 2.04. The second-order valence-electron chi connectivity index (χ2n) is 2.22. The van der Waals surface area contributed by atoms with Crippen LogP contribution in [0.5, 0.6) is 0 Å². The first-order chi connectivity index (χ1) is 5.18. The normalized spacial score (nSPS) is 11.2. The van der Waals surface area contributed by atoms with Gasteiger partial charge in [0.25, 0.3) is 6.01 Å². The van der Waals surface area contributed by atoms with Crippen LogP contribution in [-0.2, 0) is 0 Å². The Balaban J connectivity index is 2.88. The fourth-order valence-electron chi connectivity index (χ4n) is 0.944. The lowest BCUT2D eigenvalue weighted by atomic mass is 10.4. The Kier molecular flexibility index (Phi) is 1.26. The van der Waals surface area contributed by atoms with Crippen molar-refractivity contribution in [3.05, 3.63) is 22.8 Å². The highest BCUT2D eigenvalue weighted by molar-refractivity contribution is 7.18. The number of rotatable bonds is 0. The third-order valence-electron chi connectivity index (χ3n) is 1.44. The molecule has 0 N–H and O–H groups in total. The molecular formula is C7H4F2OS. The lowest BCUT2D eigenvalue weighted by Gasteiger charge is -1.80. The van der Waals surface area contributed by atoms with Crippen LogP contribution < -0.4 is 0 Å². The fraction of sp³-hybridized carbons (Fsp3) is 0.143. The van der Waals surface area contributed by atoms with Crippen molar-refractivity contribution in [1.82, 2.24) is 0 Å². The van der Waals surface area contributed by atoms with E-state index in [2.05, 4.69) is 4.42 Å². The molecule has 0 aliphatic rings. The van der Waals surface area contributed by atoms with E-state index in [1.54, 1.807) is 6.92 Å². The molecule has 2 aromatic heterocycles. The van der Waals surface area contributed by atoms with Crippen LogP contribution in [0.15, 0.2) is 10.5 Å². The molecule has 0 bridgehead atoms. The molecule has 0 saturated carbocycles. The molecule has 2 heterocycles. The lowest BCUT2D eigenvalue weighted by molar-refractivity contribution is 0.374. The van der Waals surface area contributed by atoms with E-state index in [-0.39, 0.29) is 5.58 Å². The number of thiophene rings is 1. The van der Waals surface area contributed by atoms with Crippen molar-refractivity contribution in [2.45, 2.75) is 6.92 Å². The molecule has 0 saturated heterocycles. The third kappa shape index (κ3) is 0.860. The lowest BCUT2D eigenvalue weighted by Crippen LogP contribution is -1.68. The summed E-state index contributed by atoms with van der Waals surface area (Å²) in [7, 11) is 0. The number of aryl methyl sites for hydroxylation is 1. The summed E-state index contributed by atoms with van der Waals surface area (Å²) < 4.78 is 30.3. The average Bonchev–Trinajstić information content (AvgIpc) is 2.37. The summed E-state index contributed by atoms with van der Waals surface area (Å²) in [6, 6.07) is 0.459. The molecule has 0 aliphatic heterocycles. The number of halogens is 2. The summed E-state index contributed by atoms with van der Waals surface area (Å²) in [6.07, 6.45) is 0. The topological polar surface area (TPSA) is 13.1 Å². The molecule has 58 valence electrons. The van der Waals surface area contributed by atoms with E-state index in [1.807, 2.05) is 0 Å². The van der Waals surface area contributed by atoms with Gasteiger partial charge >= 0.3 is 0 Å². The molecular weight excluding hydrogens is 170 g/mol. The van der Waals surface area contributed by atoms with E-state index in [1.165, 1.54) is 17.4 Å². The Bertz CT molecular complexity index is 402. The molecule has 0 radical (unpaired) electrons. The molecule has 11 heavy (non-hydrogen) atoms. The van der Waals surface area contributed by atoms with Gasteiger partial charge in [0.05, 0.1) is 4.70 Å². The molecule has 0 atom stereocenters. The zero-order valence-corrected chi connectivity index (χ0v) is 6.47. The van der Waals surface area contributed by atoms with Crippen LogP contribution in [0.1, 0.15) is 4.88 Å². The number of hydrogen-bond acceptors (Lipinski definition) is 2. The molecule has 2 rings (SSSR count). The van der Waals surface area contributed by atoms with E-state index in [0.717, 1.165) is 0 Å². The minimum Gasteiger partial charge on any atom is -0.427 e. The first-order valence-electron chi connectivity index (χ1n) is 3.02. The van der Waals surface area contributed by atoms with Crippen LogP contribution in [-0.4, -0.2) is 0 Å². The SMILES string of the molecule is Cc1sc2cc(F)oc2c1F. The monoisotopic (exact) mass is 174 g/mol. The predicted molar refractivity (Wildman–Crippen MR) is 38.7 cm³/mol. The molecule has 0 unspecified atom stereocenters. The maximum absolute atomic E-state index is 12.9. The highest BCUT2D eigenvalue weighted by atomic mass is 32.1. The first-order valence-corrected chi connectivity index (χ1v) is 3.84. The van der Waals surface area contributed by atoms with Crippen molar-refractivity contribution in [2.24, 2.45) is 0 Å². The number of furan rings is 1. The van der Waals surface area contributed by atoms with Gasteiger partial charge in [-0.05, 0) is 6.92 Å². The second-order valence-corrected chi connectivity index (χ2v) is 3.47. The highest BCUT2D eigenvalue weighted by Gasteiger charge is 2.13. The Hall–Kier alpha value is -0.900. The maximum Gasteiger partial charge on any atom is 0.279 e. The van der Waals surface area contributed by atoms with Gasteiger partial charge in [0, 0.05) is 10.9 Å². The molecule has 0 spiro atoms. The third-order valence-corrected chi connectivity index (χ3v) is 2.45. The fourth-order valence-corrected chi connectivity index (χ4v) is 1.83. The summed E-state index contributed by atoms with van der Waals surface area (Å²) in [5, 5.41) is 0. The van der Waals surface area contributed by atoms with E-state index < -0.39 is 11.8 Å². The zero-order valence-electron chi connectivity index (χ0n) is 5.65. The molecule has 0 aliphatic carbocycles. The van der Waals surface area contributed by atoms with Crippen LogP contribution in [0.2, 0.25) is 0 Å². The predicted octanol–water partition coefficient (Wildman–Crippen LogP) is 3.08. The van der Waals surface area contributed by atoms with E-state index in [9.17, 15) is 8.78 Å². The van der Waals surface area contributed by atoms with Gasteiger partial charge in [-0.3, -0.25) is 0 Å². The number of fused-ring (bicyclic) bond motifs is 1. The van der Waals surface area contributed by atoms with Crippen molar-refractivity contribution in [3.63, 3.8) is 0 Å². The largest absolute Gasteiger partial charge is 0.427 e. The zero-order chi connectivity index (χ0) is 8.01. The molecule has 1 nitrogen and oxygen atoms in total. The summed E-state index contributed by atoms with van der Waals surface area (Å²) in [5.74, 6) is -0.450. The maximum atomic E-state index is 12.9. The van der Waals surface area contributed by atoms with Gasteiger partial charge in [-0.1, -0.05) is 0 Å². The van der Waals surface area contributed by atoms with Gasteiger partial charge in [-0.2, -0.15) is 4.39 Å². The van der Waals surface area contributed by atoms with Crippen LogP contribution in [0, 0.1) is 18.8 Å². The summed E-state index contributed by atoms with van der Waals surface area (Å²) in [5.41, 5.74) is 0.0324. The molecule has 0 fully saturated rings. The standard InChI is InChI=1S/C7H4F2OS/c1-3-6(9)7-4(11-3)2-5(8)10-7/h2H,1H3. The van der Waals surface area contributed by atoms with Crippen molar-refractivity contribution < 1.29 is 13.2 Å². The average molecular weight is 174 g/mol. The Morgan fingerprint density at radius 3 is 2.82 bits per heavy atom. The van der Waals surface area contributed by atoms with Crippen molar-refractivity contribution in [2.75, 3.05) is 0 Å². The van der Waals surface area contributed by atoms with E-state index in [0.29, 0.717) is 9.58 Å². The van der Waals surface area contributed by atoms with E-state index >= 15 is 0 Å². The minimum absolute atomic E-state index is 0.0324. The highest BCUT2D eigenvalue weighted by Crippen LogP contribution is 2.31. The van der Waals surface area contributed by atoms with Crippen molar-refractivity contribution >= 4 is 21.6 Å². The van der Waals surface area contributed by atoms with Gasteiger partial charge < -0.3 is 4.42 Å². The van der Waals surface area contributed by atoms with Crippen molar-refractivity contribution in [3.8, 4) is 0 Å². The minimum atomic E-state index is -0.731. The van der Waals surface area contributed by atoms with Crippen LogP contribution in [0.4, 0.5) is 8.78 Å². The van der Waals surface area contributed by atoms with Gasteiger partial charge in [0.15, 0.2) is 11.4 Å². The van der Waals surface area contributed by atoms with Gasteiger partial charge in [0.1, 0.15) is 0 Å². The summed E-state index contributed by atoms with van der Waals surface area (Å²) >= 11 is 1.19. The van der Waals surface area contributed by atoms with Crippen LogP contribution in [0.3, 0.4) is 0 Å². The molecule has 0 aromatic carbocycles. The van der Waals surface area contributed by atoms with Gasteiger partial charge in [-0.15, -0.1) is 11.3 Å². The molecule has 0 amide bonds. The molecule has 2 aromatic rings. The smallest absolute Gasteiger partial charge is 0.279 e. The summed E-state index contributed by atoms with van der Waals surface area (Å²) in [6.45, 7) is 1.63. The van der Waals surface area contributed by atoms with E-state index in [4.69, 9.17) is 0 Å².